The first kappa shape index (κ1) is 52.8. The predicted molar refractivity (Wildman–Crippen MR) is 426 cm³/mol. The van der Waals surface area contributed by atoms with E-state index in [1.807, 2.05) is 0 Å². The van der Waals surface area contributed by atoms with Gasteiger partial charge in [0.1, 0.15) is 0 Å². The van der Waals surface area contributed by atoms with Gasteiger partial charge in [-0.15, -0.1) is 0 Å². The minimum atomic E-state index is 0.932. The number of aromatic amines is 2. The Labute approximate surface area is 578 Å². The van der Waals surface area contributed by atoms with Crippen LogP contribution in [0.4, 0.5) is 0 Å². The zero-order valence-electron chi connectivity index (χ0n) is 48.5. The minimum Gasteiger partial charge on any atom is -0.353 e. The summed E-state index contributed by atoms with van der Waals surface area (Å²) in [5.74, 6) is 0. The molecule has 8 heteroatoms. The van der Waals surface area contributed by atoms with Crippen LogP contribution in [0.25, 0.3) is 218 Å². The van der Waals surface area contributed by atoms with Crippen LogP contribution in [0, 0.1) is 14.3 Å². The summed E-state index contributed by atoms with van der Waals surface area (Å²) in [6.07, 6.45) is 0. The van der Waals surface area contributed by atoms with Crippen molar-refractivity contribution in [3.63, 3.8) is 0 Å². The van der Waals surface area contributed by atoms with Gasteiger partial charge in [-0.3, -0.25) is 0 Å². The first-order chi connectivity index (χ1) is 45.3. The van der Waals surface area contributed by atoms with Crippen LogP contribution in [0.5, 0.6) is 0 Å². The zero-order chi connectivity index (χ0) is 60.5. The summed E-state index contributed by atoms with van der Waals surface area (Å²) in [6.45, 7) is 0. The van der Waals surface area contributed by atoms with Crippen molar-refractivity contribution in [3.8, 4) is 44.5 Å². The van der Waals surface area contributed by atoms with E-state index in [4.69, 9.17) is 9.97 Å². The van der Waals surface area contributed by atoms with Crippen LogP contribution in [0.3, 0.4) is 0 Å². The van der Waals surface area contributed by atoms with Crippen LogP contribution < -0.4 is 0 Å². The zero-order valence-corrected chi connectivity index (χ0v) is 57.1. The fourth-order valence-corrected chi connectivity index (χ4v) is 18.1. The molecule has 4 nitrogen and oxygen atoms in total. The lowest BCUT2D eigenvalue weighted by Gasteiger charge is -2.08. The lowest BCUT2D eigenvalue weighted by Crippen LogP contribution is -1.87. The lowest BCUT2D eigenvalue weighted by atomic mass is 10.00. The van der Waals surface area contributed by atoms with Gasteiger partial charge >= 0.3 is 0 Å². The van der Waals surface area contributed by atoms with Gasteiger partial charge < -0.3 is 9.97 Å². The molecule has 0 amide bonds. The lowest BCUT2D eigenvalue weighted by molar-refractivity contribution is 1.49. The Morgan fingerprint density at radius 2 is 0.380 bits per heavy atom. The molecule has 0 aliphatic carbocycles. The first-order valence-corrected chi connectivity index (χ1v) is 35.2. The number of benzene rings is 12. The molecule has 17 aromatic carbocycles. The van der Waals surface area contributed by atoms with E-state index in [1.165, 1.54) is 108 Å². The van der Waals surface area contributed by atoms with E-state index in [0.29, 0.717) is 0 Å². The van der Waals surface area contributed by atoms with E-state index < -0.39 is 0 Å². The molecule has 92 heavy (non-hydrogen) atoms. The van der Waals surface area contributed by atoms with Gasteiger partial charge in [0.15, 0.2) is 0 Å². The molecule has 2 N–H and O–H groups in total. The van der Waals surface area contributed by atoms with E-state index in [1.54, 1.807) is 0 Å². The van der Waals surface area contributed by atoms with E-state index in [2.05, 4.69) is 343 Å². The second-order valence-electron chi connectivity index (χ2n) is 24.7. The molecule has 426 valence electrons. The van der Waals surface area contributed by atoms with Gasteiger partial charge in [0.25, 0.3) is 0 Å². The summed E-state index contributed by atoms with van der Waals surface area (Å²) >= 11 is 9.86. The van der Waals surface area contributed by atoms with Crippen LogP contribution in [0.15, 0.2) is 243 Å². The first-order valence-electron chi connectivity index (χ1n) is 30.9. The Hall–Kier alpha value is -8.80. The molecule has 4 heterocycles. The average Bonchev–Trinajstić information content (AvgIpc) is 1.53. The predicted octanol–water partition coefficient (Wildman–Crippen LogP) is 25.5. The van der Waals surface area contributed by atoms with Crippen LogP contribution in [-0.2, 0) is 0 Å². The number of nitrogens with zero attached hydrogens (tertiary/aromatic N) is 2. The summed E-state index contributed by atoms with van der Waals surface area (Å²) < 4.78 is 4.64. The van der Waals surface area contributed by atoms with Crippen molar-refractivity contribution in [3.05, 3.63) is 257 Å². The summed E-state index contributed by atoms with van der Waals surface area (Å²) in [5, 5.41) is 28.6. The Morgan fingerprint density at radius 3 is 0.576 bits per heavy atom. The highest BCUT2D eigenvalue weighted by Crippen LogP contribution is 2.56. The molecule has 0 fully saturated rings. The fraction of sp³-hybridized carbons (Fsp3) is 0. The average molecular weight is 1610 g/mol. The van der Waals surface area contributed by atoms with Gasteiger partial charge in [-0.1, -0.05) is 194 Å². The maximum absolute atomic E-state index is 6.46. The molecule has 4 aromatic heterocycles. The quantitative estimate of drug-likeness (QED) is 0.173. The van der Waals surface area contributed by atoms with Gasteiger partial charge in [-0.05, 0) is 247 Å². The van der Waals surface area contributed by atoms with E-state index in [9.17, 15) is 0 Å². The topological polar surface area (TPSA) is 57.4 Å². The molecular formula is C84H42I4N4. The van der Waals surface area contributed by atoms with Crippen molar-refractivity contribution in [1.29, 1.82) is 0 Å². The Kier molecular flexibility index (Phi) is 11.1. The molecule has 0 aliphatic heterocycles. The van der Waals surface area contributed by atoms with Crippen molar-refractivity contribution >= 4 is 264 Å². The largest absolute Gasteiger partial charge is 0.353 e. The highest BCUT2D eigenvalue weighted by molar-refractivity contribution is 14.1. The van der Waals surface area contributed by atoms with Crippen molar-refractivity contribution in [2.75, 3.05) is 0 Å². The summed E-state index contributed by atoms with van der Waals surface area (Å²) in [6, 6.07) is 91.6. The molecular weight excluding hydrogens is 1570 g/mol. The Balaban J connectivity index is 1.18. The smallest absolute Gasteiger partial charge is 0.0822 e. The number of aromatic nitrogens is 4. The Bertz CT molecular complexity index is 5750. The third kappa shape index (κ3) is 7.10. The molecule has 21 aromatic rings. The molecule has 0 saturated heterocycles. The van der Waals surface area contributed by atoms with Crippen LogP contribution in [0.1, 0.15) is 0 Å². The van der Waals surface area contributed by atoms with Gasteiger partial charge in [-0.2, -0.15) is 0 Å². The maximum atomic E-state index is 6.46. The number of nitrogens with one attached hydrogen (secondary N) is 2. The minimum absolute atomic E-state index is 0.932. The second-order valence-corrected chi connectivity index (χ2v) is 29.7. The number of halogens is 4. The molecule has 0 spiro atoms. The van der Waals surface area contributed by atoms with E-state index >= 15 is 0 Å². The molecule has 8 bridgehead atoms. The standard InChI is InChI=1S/C84H42I4N4/c85-49-33-25-45(26-34-49)65-77-69-53-17-1-9-41-10-2-18-54(61(41)53)70(69)78(89-77)66(46-27-35-50(86)36-28-46)80-73-57-21-5-13-43-14-6-22-58(63(43)57)74(73)82(91-80)68(48-31-39-52(88)40-32-48)84-76-60-24-8-16-44-15-7-23-59(64(44)60)75(76)83(92-84)67(47-29-37-51(87)38-30-47)81-72-56-20-4-12-42-11-3-19-55(62(42)56)71(72)79(65)90-81/h1-40,89,92H. The summed E-state index contributed by atoms with van der Waals surface area (Å²) in [7, 11) is 0. The monoisotopic (exact) mass is 1610 g/mol. The third-order valence-electron chi connectivity index (χ3n) is 20.1. The van der Waals surface area contributed by atoms with Gasteiger partial charge in [0.2, 0.25) is 0 Å². The number of rotatable bonds is 4. The Morgan fingerprint density at radius 1 is 0.196 bits per heavy atom. The van der Waals surface area contributed by atoms with E-state index in [-0.39, 0.29) is 0 Å². The SMILES string of the molecule is Ic1ccc(-c2c3nc(c(-c4ccc(I)cc4)c4[nH]c(c(-c5ccc(I)cc5)c5nc(c(-c6ccc(I)cc6)c6[nH]c2c2c7cccc8cccc(c87)c62)c2c6cccc7cccc(c76)c52)c2c5cccc6cccc(c65)c42)c2c4cccc5cccc(c54)c32)cc1. The summed E-state index contributed by atoms with van der Waals surface area (Å²) in [4.78, 5) is 21.9. The molecule has 0 atom stereocenters. The molecule has 21 rings (SSSR count). The van der Waals surface area contributed by atoms with Gasteiger partial charge in [-0.25, -0.2) is 9.97 Å². The van der Waals surface area contributed by atoms with Crippen LogP contribution >= 0.6 is 90.4 Å². The highest BCUT2D eigenvalue weighted by atomic mass is 127. The van der Waals surface area contributed by atoms with Gasteiger partial charge in [0.05, 0.1) is 44.1 Å². The maximum Gasteiger partial charge on any atom is 0.0822 e. The van der Waals surface area contributed by atoms with Crippen molar-refractivity contribution in [1.82, 2.24) is 19.9 Å². The van der Waals surface area contributed by atoms with Crippen LogP contribution in [0.2, 0.25) is 0 Å². The van der Waals surface area contributed by atoms with Crippen molar-refractivity contribution < 1.29 is 0 Å². The third-order valence-corrected chi connectivity index (χ3v) is 23.0. The van der Waals surface area contributed by atoms with Crippen molar-refractivity contribution in [2.45, 2.75) is 0 Å². The fourth-order valence-electron chi connectivity index (χ4n) is 16.6. The highest BCUT2D eigenvalue weighted by Gasteiger charge is 2.31. The molecule has 0 unspecified atom stereocenters. The van der Waals surface area contributed by atoms with Crippen molar-refractivity contribution in [2.24, 2.45) is 0 Å². The molecule has 0 radical (unpaired) electrons. The number of H-pyrrole nitrogens is 2. The number of hydrogen-bond donors (Lipinski definition) is 2. The van der Waals surface area contributed by atoms with Gasteiger partial charge in [0, 0.05) is 79.6 Å². The normalized spacial score (nSPS) is 12.6. The van der Waals surface area contributed by atoms with E-state index in [0.717, 1.165) is 124 Å². The van der Waals surface area contributed by atoms with Crippen LogP contribution in [-0.4, -0.2) is 19.9 Å². The molecule has 0 saturated carbocycles. The number of hydrogen-bond acceptors (Lipinski definition) is 2. The molecule has 0 aliphatic rings. The summed E-state index contributed by atoms with van der Waals surface area (Å²) in [5.41, 5.74) is 16.3. The second kappa shape index (κ2) is 19.4.